The van der Waals surface area contributed by atoms with Gasteiger partial charge in [0, 0.05) is 22.3 Å². The largest absolute Gasteiger partial charge is 0.421 e. The van der Waals surface area contributed by atoms with Crippen LogP contribution in [0.2, 0.25) is 0 Å². The molecule has 6 heteroatoms. The SMILES string of the molecule is C.C=C/C(=C\C(=C/C)C(=N)OC(=N)c1ccc(C(C)(C)C)cc1)C(=N)OC(=N)c1ccc(C(C)(C)C)cc1. The van der Waals surface area contributed by atoms with Gasteiger partial charge in [-0.1, -0.05) is 92.0 Å². The van der Waals surface area contributed by atoms with Crippen molar-refractivity contribution in [3.8, 4) is 0 Å². The maximum atomic E-state index is 8.36. The van der Waals surface area contributed by atoms with Crippen LogP contribution in [0.15, 0.2) is 84.5 Å². The van der Waals surface area contributed by atoms with Crippen molar-refractivity contribution in [2.75, 3.05) is 0 Å². The molecule has 0 saturated carbocycles. The molecule has 202 valence electrons. The van der Waals surface area contributed by atoms with Gasteiger partial charge in [-0.3, -0.25) is 21.6 Å². The molecule has 0 heterocycles. The van der Waals surface area contributed by atoms with E-state index in [-0.39, 0.29) is 47.4 Å². The molecule has 0 unspecified atom stereocenters. The second kappa shape index (κ2) is 13.0. The minimum atomic E-state index is -0.278. The van der Waals surface area contributed by atoms with Crippen LogP contribution in [0.4, 0.5) is 0 Å². The third-order valence-electron chi connectivity index (χ3n) is 5.80. The quantitative estimate of drug-likeness (QED) is 0.176. The molecule has 0 aromatic heterocycles. The summed E-state index contributed by atoms with van der Waals surface area (Å²) in [5.74, 6) is -0.829. The predicted molar refractivity (Wildman–Crippen MR) is 160 cm³/mol. The van der Waals surface area contributed by atoms with Gasteiger partial charge in [-0.25, -0.2) is 0 Å². The molecule has 0 spiro atoms. The lowest BCUT2D eigenvalue weighted by molar-refractivity contribution is 0.535. The van der Waals surface area contributed by atoms with Crippen molar-refractivity contribution in [3.63, 3.8) is 0 Å². The second-order valence-corrected chi connectivity index (χ2v) is 10.7. The fourth-order valence-corrected chi connectivity index (χ4v) is 3.35. The first-order valence-corrected chi connectivity index (χ1v) is 12.1. The van der Waals surface area contributed by atoms with Crippen LogP contribution in [0, 0.1) is 21.6 Å². The van der Waals surface area contributed by atoms with Gasteiger partial charge in [0.05, 0.1) is 0 Å². The molecule has 0 fully saturated rings. The number of hydrogen-bond donors (Lipinski definition) is 4. The molecule has 0 aliphatic carbocycles. The standard InChI is InChI=1S/C31H38N4O2.CH4/c1-9-20(26(32)36-28(34)22-11-15-24(16-12-22)30(3,4)5)19-21(10-2)27(33)37-29(35)23-13-17-25(18-14-23)31(6,7)8;/h9-19,32-35H,1H2,2-8H3;1H4/b20-19+,21-10+,32-26?,33-27?,34-28?,35-29?;. The van der Waals surface area contributed by atoms with Gasteiger partial charge in [0.25, 0.3) is 0 Å². The molecule has 4 N–H and O–H groups in total. The molecule has 0 aliphatic rings. The summed E-state index contributed by atoms with van der Waals surface area (Å²) in [6.45, 7) is 18.2. The number of ether oxygens (including phenoxy) is 2. The van der Waals surface area contributed by atoms with E-state index < -0.39 is 0 Å². The van der Waals surface area contributed by atoms with Gasteiger partial charge in [0.2, 0.25) is 23.6 Å². The Kier molecular flexibility index (Phi) is 10.9. The Bertz CT molecular complexity index is 1250. The van der Waals surface area contributed by atoms with E-state index in [1.807, 2.05) is 24.3 Å². The van der Waals surface area contributed by atoms with Crippen LogP contribution in [0.5, 0.6) is 0 Å². The molecule has 0 amide bonds. The highest BCUT2D eigenvalue weighted by molar-refractivity contribution is 6.09. The molecule has 6 nitrogen and oxygen atoms in total. The molecule has 2 aromatic rings. The van der Waals surface area contributed by atoms with E-state index in [1.54, 1.807) is 37.3 Å². The van der Waals surface area contributed by atoms with E-state index in [0.717, 1.165) is 11.1 Å². The van der Waals surface area contributed by atoms with Crippen molar-refractivity contribution in [3.05, 3.63) is 107 Å². The Morgan fingerprint density at radius 1 is 0.658 bits per heavy atom. The lowest BCUT2D eigenvalue weighted by Gasteiger charge is -2.19. The monoisotopic (exact) mass is 514 g/mol. The Morgan fingerprint density at radius 2 is 1.00 bits per heavy atom. The first-order valence-electron chi connectivity index (χ1n) is 12.1. The van der Waals surface area contributed by atoms with Crippen molar-refractivity contribution in [2.24, 2.45) is 0 Å². The first-order chi connectivity index (χ1) is 17.2. The highest BCUT2D eigenvalue weighted by atomic mass is 16.5. The van der Waals surface area contributed by atoms with Gasteiger partial charge < -0.3 is 9.47 Å². The average Bonchev–Trinajstić information content (AvgIpc) is 2.83. The number of rotatable bonds is 6. The van der Waals surface area contributed by atoms with Crippen molar-refractivity contribution in [1.82, 2.24) is 0 Å². The van der Waals surface area contributed by atoms with Gasteiger partial charge in [-0.15, -0.1) is 0 Å². The van der Waals surface area contributed by atoms with E-state index in [1.165, 1.54) is 12.2 Å². The Hall–Kier alpha value is -4.06. The van der Waals surface area contributed by atoms with E-state index >= 15 is 0 Å². The molecule has 2 aromatic carbocycles. The minimum absolute atomic E-state index is 0. The summed E-state index contributed by atoms with van der Waals surface area (Å²) in [5.41, 5.74) is 4.00. The summed E-state index contributed by atoms with van der Waals surface area (Å²) < 4.78 is 11.0. The zero-order valence-corrected chi connectivity index (χ0v) is 22.9. The van der Waals surface area contributed by atoms with Crippen LogP contribution in [-0.2, 0) is 20.3 Å². The number of nitrogens with one attached hydrogen (secondary N) is 4. The lowest BCUT2D eigenvalue weighted by atomic mass is 9.87. The van der Waals surface area contributed by atoms with Crippen LogP contribution in [-0.4, -0.2) is 23.6 Å². The van der Waals surface area contributed by atoms with Crippen LogP contribution >= 0.6 is 0 Å². The molecule has 0 saturated heterocycles. The van der Waals surface area contributed by atoms with Crippen molar-refractivity contribution in [2.45, 2.75) is 66.7 Å². The molecule has 0 bridgehead atoms. The third-order valence-corrected chi connectivity index (χ3v) is 5.80. The van der Waals surface area contributed by atoms with Crippen LogP contribution in [0.25, 0.3) is 0 Å². The first kappa shape index (κ1) is 32.0. The zero-order valence-electron chi connectivity index (χ0n) is 22.9. The van der Waals surface area contributed by atoms with Crippen molar-refractivity contribution in [1.29, 1.82) is 21.6 Å². The Labute approximate surface area is 228 Å². The van der Waals surface area contributed by atoms with Gasteiger partial charge in [0.15, 0.2) is 0 Å². The molecular weight excluding hydrogens is 472 g/mol. The predicted octanol–water partition coefficient (Wildman–Crippen LogP) is 8.32. The van der Waals surface area contributed by atoms with Crippen LogP contribution in [0.1, 0.15) is 78.1 Å². The van der Waals surface area contributed by atoms with E-state index in [4.69, 9.17) is 31.1 Å². The summed E-state index contributed by atoms with van der Waals surface area (Å²) in [7, 11) is 0. The minimum Gasteiger partial charge on any atom is -0.421 e. The zero-order chi connectivity index (χ0) is 28.0. The topological polar surface area (TPSA) is 114 Å². The molecule has 0 atom stereocenters. The second-order valence-electron chi connectivity index (χ2n) is 10.7. The number of benzene rings is 2. The molecule has 2 rings (SSSR count). The molecule has 38 heavy (non-hydrogen) atoms. The van der Waals surface area contributed by atoms with Crippen LogP contribution < -0.4 is 0 Å². The van der Waals surface area contributed by atoms with E-state index in [0.29, 0.717) is 16.7 Å². The molecule has 0 aliphatic heterocycles. The summed E-state index contributed by atoms with van der Waals surface area (Å²) in [6, 6.07) is 15.0. The summed E-state index contributed by atoms with van der Waals surface area (Å²) in [6.07, 6.45) is 4.58. The fourth-order valence-electron chi connectivity index (χ4n) is 3.35. The maximum Gasteiger partial charge on any atom is 0.221 e. The number of hydrogen-bond acceptors (Lipinski definition) is 6. The van der Waals surface area contributed by atoms with Crippen molar-refractivity contribution >= 4 is 23.6 Å². The Balaban J connectivity index is 0.00000722. The van der Waals surface area contributed by atoms with Crippen molar-refractivity contribution < 1.29 is 9.47 Å². The molecular formula is C32H42N4O2. The highest BCUT2D eigenvalue weighted by Crippen LogP contribution is 2.23. The number of allylic oxidation sites excluding steroid dienone is 1. The fraction of sp³-hybridized carbons (Fsp3) is 0.312. The maximum absolute atomic E-state index is 8.36. The third kappa shape index (κ3) is 8.51. The molecule has 0 radical (unpaired) electrons. The van der Waals surface area contributed by atoms with Gasteiger partial charge in [0.1, 0.15) is 0 Å². The van der Waals surface area contributed by atoms with E-state index in [9.17, 15) is 0 Å². The lowest BCUT2D eigenvalue weighted by Crippen LogP contribution is -2.17. The van der Waals surface area contributed by atoms with E-state index in [2.05, 4.69) is 48.1 Å². The summed E-state index contributed by atoms with van der Waals surface area (Å²) in [4.78, 5) is 0. The van der Waals surface area contributed by atoms with Gasteiger partial charge in [-0.2, -0.15) is 0 Å². The summed E-state index contributed by atoms with van der Waals surface area (Å²) >= 11 is 0. The van der Waals surface area contributed by atoms with Crippen LogP contribution in [0.3, 0.4) is 0 Å². The smallest absolute Gasteiger partial charge is 0.221 e. The highest BCUT2D eigenvalue weighted by Gasteiger charge is 2.17. The van der Waals surface area contributed by atoms with Gasteiger partial charge in [-0.05, 0) is 59.2 Å². The average molecular weight is 515 g/mol. The summed E-state index contributed by atoms with van der Waals surface area (Å²) in [5, 5.41) is 33.3. The Morgan fingerprint density at radius 3 is 1.29 bits per heavy atom. The van der Waals surface area contributed by atoms with Gasteiger partial charge >= 0.3 is 0 Å². The normalized spacial score (nSPS) is 12.2.